The van der Waals surface area contributed by atoms with Gasteiger partial charge < -0.3 is 5.32 Å². The van der Waals surface area contributed by atoms with E-state index in [1.54, 1.807) is 17.7 Å². The van der Waals surface area contributed by atoms with Crippen LogP contribution in [0.3, 0.4) is 0 Å². The van der Waals surface area contributed by atoms with Crippen LogP contribution in [0.4, 0.5) is 8.78 Å². The second kappa shape index (κ2) is 6.84. The number of amides is 1. The highest BCUT2D eigenvalue weighted by Gasteiger charge is 2.18. The minimum atomic E-state index is -0.696. The molecule has 0 saturated heterocycles. The summed E-state index contributed by atoms with van der Waals surface area (Å²) in [6.07, 6.45) is 0. The predicted octanol–water partition coefficient (Wildman–Crippen LogP) is 3.95. The largest absolute Gasteiger partial charge is 0.344 e. The second-order valence-electron chi connectivity index (χ2n) is 5.78. The van der Waals surface area contributed by atoms with Gasteiger partial charge in [0, 0.05) is 17.3 Å². The number of hydrogen-bond donors (Lipinski definition) is 1. The number of nitrogens with zero attached hydrogens (tertiary/aromatic N) is 2. The monoisotopic (exact) mass is 341 g/mol. The first kappa shape index (κ1) is 16.8. The van der Waals surface area contributed by atoms with Gasteiger partial charge in [0.1, 0.15) is 11.6 Å². The average Bonchev–Trinajstić information content (AvgIpc) is 2.97. The first-order valence-electron chi connectivity index (χ1n) is 7.83. The summed E-state index contributed by atoms with van der Waals surface area (Å²) < 4.78 is 28.5. The van der Waals surface area contributed by atoms with Crippen LogP contribution < -0.4 is 5.32 Å². The van der Waals surface area contributed by atoms with E-state index >= 15 is 0 Å². The van der Waals surface area contributed by atoms with Crippen LogP contribution in [-0.4, -0.2) is 15.7 Å². The summed E-state index contributed by atoms with van der Waals surface area (Å²) >= 11 is 0. The van der Waals surface area contributed by atoms with Crippen molar-refractivity contribution in [2.75, 3.05) is 0 Å². The zero-order valence-electron chi connectivity index (χ0n) is 13.8. The van der Waals surface area contributed by atoms with E-state index in [2.05, 4.69) is 10.4 Å². The molecule has 2 aromatic carbocycles. The smallest absolute Gasteiger partial charge is 0.272 e. The molecule has 25 heavy (non-hydrogen) atoms. The molecule has 1 amide bonds. The highest BCUT2D eigenvalue weighted by Crippen LogP contribution is 2.19. The van der Waals surface area contributed by atoms with Crippen LogP contribution in [0, 0.1) is 18.6 Å². The van der Waals surface area contributed by atoms with Gasteiger partial charge in [-0.15, -0.1) is 0 Å². The van der Waals surface area contributed by atoms with Gasteiger partial charge in [0.15, 0.2) is 5.69 Å². The first-order valence-corrected chi connectivity index (χ1v) is 7.83. The molecular weight excluding hydrogens is 324 g/mol. The molecule has 3 aromatic rings. The van der Waals surface area contributed by atoms with Gasteiger partial charge in [-0.3, -0.25) is 4.79 Å². The molecule has 128 valence electrons. The van der Waals surface area contributed by atoms with Crippen LogP contribution in [-0.2, 0) is 0 Å². The van der Waals surface area contributed by atoms with Gasteiger partial charge in [-0.05, 0) is 38.1 Å². The Morgan fingerprint density at radius 2 is 1.84 bits per heavy atom. The Morgan fingerprint density at radius 1 is 1.12 bits per heavy atom. The van der Waals surface area contributed by atoms with E-state index in [-0.39, 0.29) is 11.3 Å². The molecule has 1 unspecified atom stereocenters. The zero-order valence-corrected chi connectivity index (χ0v) is 13.8. The van der Waals surface area contributed by atoms with E-state index in [4.69, 9.17) is 0 Å². The second-order valence-corrected chi connectivity index (χ2v) is 5.78. The van der Waals surface area contributed by atoms with Gasteiger partial charge in [-0.2, -0.15) is 5.10 Å². The number of benzene rings is 2. The van der Waals surface area contributed by atoms with E-state index < -0.39 is 23.6 Å². The van der Waals surface area contributed by atoms with Crippen molar-refractivity contribution in [3.63, 3.8) is 0 Å². The van der Waals surface area contributed by atoms with Gasteiger partial charge in [0.25, 0.3) is 5.91 Å². The molecule has 0 radical (unpaired) electrons. The third kappa shape index (κ3) is 3.57. The number of para-hydroxylation sites is 1. The van der Waals surface area contributed by atoms with Crippen LogP contribution >= 0.6 is 0 Å². The fraction of sp³-hybridized carbons (Fsp3) is 0.158. The molecule has 3 rings (SSSR count). The van der Waals surface area contributed by atoms with Crippen molar-refractivity contribution in [1.82, 2.24) is 15.1 Å². The number of carbonyl (C=O) groups excluding carboxylic acids is 1. The Kier molecular flexibility index (Phi) is 4.61. The van der Waals surface area contributed by atoms with Crippen molar-refractivity contribution in [2.45, 2.75) is 19.9 Å². The minimum Gasteiger partial charge on any atom is -0.344 e. The lowest BCUT2D eigenvalue weighted by atomic mass is 10.1. The normalized spacial score (nSPS) is 12.0. The summed E-state index contributed by atoms with van der Waals surface area (Å²) in [5.74, 6) is -1.77. The Morgan fingerprint density at radius 3 is 2.52 bits per heavy atom. The summed E-state index contributed by atoms with van der Waals surface area (Å²) in [5, 5.41) is 7.00. The molecule has 1 aromatic heterocycles. The summed E-state index contributed by atoms with van der Waals surface area (Å²) in [7, 11) is 0. The fourth-order valence-corrected chi connectivity index (χ4v) is 2.62. The highest BCUT2D eigenvalue weighted by molar-refractivity contribution is 5.92. The fourth-order valence-electron chi connectivity index (χ4n) is 2.62. The van der Waals surface area contributed by atoms with Crippen LogP contribution in [0.2, 0.25) is 0 Å². The molecule has 1 N–H and O–H groups in total. The minimum absolute atomic E-state index is 0.217. The predicted molar refractivity (Wildman–Crippen MR) is 90.5 cm³/mol. The van der Waals surface area contributed by atoms with Gasteiger partial charge in [0.2, 0.25) is 0 Å². The molecule has 0 aliphatic carbocycles. The zero-order chi connectivity index (χ0) is 18.0. The average molecular weight is 341 g/mol. The van der Waals surface area contributed by atoms with Crippen LogP contribution in [0.1, 0.15) is 34.7 Å². The van der Waals surface area contributed by atoms with Gasteiger partial charge in [0.05, 0.1) is 11.7 Å². The van der Waals surface area contributed by atoms with Crippen molar-refractivity contribution in [3.8, 4) is 5.69 Å². The lowest BCUT2D eigenvalue weighted by molar-refractivity contribution is 0.0934. The SMILES string of the molecule is Cc1cc(C(=O)NC(C)c2ccc(F)cc2F)nn1-c1ccccc1. The number of halogens is 2. The maximum atomic E-state index is 13.8. The molecule has 0 spiro atoms. The van der Waals surface area contributed by atoms with Gasteiger partial charge in [-0.25, -0.2) is 13.5 Å². The molecule has 0 aliphatic rings. The topological polar surface area (TPSA) is 46.9 Å². The first-order chi connectivity index (χ1) is 12.0. The number of aromatic nitrogens is 2. The van der Waals surface area contributed by atoms with Gasteiger partial charge in [-0.1, -0.05) is 24.3 Å². The van der Waals surface area contributed by atoms with Crippen molar-refractivity contribution in [2.24, 2.45) is 0 Å². The van der Waals surface area contributed by atoms with Gasteiger partial charge >= 0.3 is 0 Å². The number of carbonyl (C=O) groups is 1. The standard InChI is InChI=1S/C19H17F2N3O/c1-12-10-18(23-24(12)15-6-4-3-5-7-15)19(25)22-13(2)16-9-8-14(20)11-17(16)21/h3-11,13H,1-2H3,(H,22,25). The molecular formula is C19H17F2N3O. The quantitative estimate of drug-likeness (QED) is 0.781. The lowest BCUT2D eigenvalue weighted by Gasteiger charge is -2.14. The summed E-state index contributed by atoms with van der Waals surface area (Å²) in [4.78, 5) is 12.4. The van der Waals surface area contributed by atoms with Crippen molar-refractivity contribution in [3.05, 3.63) is 83.2 Å². The van der Waals surface area contributed by atoms with Crippen molar-refractivity contribution in [1.29, 1.82) is 0 Å². The van der Waals surface area contributed by atoms with E-state index in [1.807, 2.05) is 37.3 Å². The third-order valence-electron chi connectivity index (χ3n) is 3.90. The van der Waals surface area contributed by atoms with E-state index in [9.17, 15) is 13.6 Å². The Labute approximate surface area is 144 Å². The number of hydrogen-bond acceptors (Lipinski definition) is 2. The van der Waals surface area contributed by atoms with Crippen molar-refractivity contribution >= 4 is 5.91 Å². The molecule has 0 saturated carbocycles. The van der Waals surface area contributed by atoms with Crippen LogP contribution in [0.15, 0.2) is 54.6 Å². The van der Waals surface area contributed by atoms with Crippen LogP contribution in [0.5, 0.6) is 0 Å². The molecule has 1 heterocycles. The molecule has 0 aliphatic heterocycles. The summed E-state index contributed by atoms with van der Waals surface area (Å²) in [6.45, 7) is 3.48. The van der Waals surface area contributed by atoms with E-state index in [0.29, 0.717) is 0 Å². The number of aryl methyl sites for hydroxylation is 1. The Hall–Kier alpha value is -3.02. The Balaban J connectivity index is 1.80. The lowest BCUT2D eigenvalue weighted by Crippen LogP contribution is -2.27. The summed E-state index contributed by atoms with van der Waals surface area (Å²) in [5.41, 5.74) is 2.10. The van der Waals surface area contributed by atoms with E-state index in [0.717, 1.165) is 23.5 Å². The number of nitrogens with one attached hydrogen (secondary N) is 1. The molecule has 4 nitrogen and oxygen atoms in total. The molecule has 0 fully saturated rings. The number of rotatable bonds is 4. The van der Waals surface area contributed by atoms with Crippen LogP contribution in [0.25, 0.3) is 5.69 Å². The van der Waals surface area contributed by atoms with E-state index in [1.165, 1.54) is 6.07 Å². The Bertz CT molecular complexity index is 906. The third-order valence-corrected chi connectivity index (χ3v) is 3.90. The van der Waals surface area contributed by atoms with Crippen molar-refractivity contribution < 1.29 is 13.6 Å². The molecule has 6 heteroatoms. The maximum Gasteiger partial charge on any atom is 0.272 e. The molecule has 1 atom stereocenters. The maximum absolute atomic E-state index is 13.8. The molecule has 0 bridgehead atoms. The summed E-state index contributed by atoms with van der Waals surface area (Å²) in [6, 6.07) is 13.8. The highest BCUT2D eigenvalue weighted by atomic mass is 19.1.